The van der Waals surface area contributed by atoms with E-state index < -0.39 is 19.7 Å². The predicted molar refractivity (Wildman–Crippen MR) is 92.4 cm³/mol. The zero-order valence-electron chi connectivity index (χ0n) is 15.6. The van der Waals surface area contributed by atoms with Gasteiger partial charge in [0.2, 0.25) is 5.79 Å². The predicted octanol–water partition coefficient (Wildman–Crippen LogP) is 3.77. The molecule has 132 valence electrons. The highest BCUT2D eigenvalue weighted by atomic mass is 28.4. The summed E-state index contributed by atoms with van der Waals surface area (Å²) in [5, 5.41) is 0. The Morgan fingerprint density at radius 1 is 1.17 bits per heavy atom. The highest BCUT2D eigenvalue weighted by Gasteiger charge is 2.42. The molecule has 23 heavy (non-hydrogen) atoms. The first-order valence-corrected chi connectivity index (χ1v) is 11.3. The maximum absolute atomic E-state index is 12.3. The normalized spacial score (nSPS) is 22.8. The first kappa shape index (κ1) is 19.9. The van der Waals surface area contributed by atoms with E-state index in [4.69, 9.17) is 18.6 Å². The molecular weight excluding hydrogens is 312 g/mol. The molecule has 1 unspecified atom stereocenters. The molecule has 0 aromatic heterocycles. The number of carbonyl (C=O) groups is 1. The molecule has 0 aliphatic heterocycles. The van der Waals surface area contributed by atoms with E-state index in [-0.39, 0.29) is 5.97 Å². The molecule has 0 aromatic carbocycles. The van der Waals surface area contributed by atoms with Crippen LogP contribution in [0.5, 0.6) is 0 Å². The minimum Gasteiger partial charge on any atom is -0.496 e. The number of hydrogen-bond acceptors (Lipinski definition) is 5. The summed E-state index contributed by atoms with van der Waals surface area (Å²) >= 11 is 0. The molecule has 0 saturated heterocycles. The number of carbonyl (C=O) groups excluding carboxylic acids is 1. The van der Waals surface area contributed by atoms with E-state index >= 15 is 0 Å². The molecule has 0 N–H and O–H groups in total. The molecule has 0 heterocycles. The molecule has 6 heteroatoms. The summed E-state index contributed by atoms with van der Waals surface area (Å²) < 4.78 is 22.9. The minimum atomic E-state index is -1.90. The fourth-order valence-electron chi connectivity index (χ4n) is 2.36. The van der Waals surface area contributed by atoms with Crippen LogP contribution in [-0.2, 0) is 23.4 Å². The highest BCUT2D eigenvalue weighted by molar-refractivity contribution is 6.69. The zero-order chi connectivity index (χ0) is 17.9. The van der Waals surface area contributed by atoms with Gasteiger partial charge in [-0.05, 0) is 46.5 Å². The number of rotatable bonds is 5. The Morgan fingerprint density at radius 2 is 1.78 bits per heavy atom. The zero-order valence-corrected chi connectivity index (χ0v) is 16.6. The van der Waals surface area contributed by atoms with Crippen LogP contribution in [0.4, 0.5) is 0 Å². The van der Waals surface area contributed by atoms with Crippen molar-refractivity contribution in [2.45, 2.75) is 64.6 Å². The molecule has 5 nitrogen and oxygen atoms in total. The van der Waals surface area contributed by atoms with Crippen molar-refractivity contribution in [2.24, 2.45) is 0 Å². The number of allylic oxidation sites excluding steroid dienone is 1. The third kappa shape index (κ3) is 5.79. The lowest BCUT2D eigenvalue weighted by Gasteiger charge is -2.37. The average molecular weight is 343 g/mol. The van der Waals surface area contributed by atoms with Crippen molar-refractivity contribution in [1.29, 1.82) is 0 Å². The summed E-state index contributed by atoms with van der Waals surface area (Å²) in [5.41, 5.74) is 0.0677. The van der Waals surface area contributed by atoms with Crippen molar-refractivity contribution in [3.8, 4) is 0 Å². The standard InChI is InChI=1S/C17H30O5Si/c1-16(2,3)21-15(18)13-9-10-14(19-4)17(20-5,12-11-13)22-23(6,7)8/h10-11H,9,12H2,1-8H3. The van der Waals surface area contributed by atoms with E-state index in [1.807, 2.05) is 32.9 Å². The molecular formula is C17H30O5Si. The van der Waals surface area contributed by atoms with Crippen LogP contribution < -0.4 is 0 Å². The van der Waals surface area contributed by atoms with Crippen LogP contribution in [-0.4, -0.2) is 39.9 Å². The monoisotopic (exact) mass is 342 g/mol. The highest BCUT2D eigenvalue weighted by Crippen LogP contribution is 2.35. The Hall–Kier alpha value is -1.11. The van der Waals surface area contributed by atoms with Crippen molar-refractivity contribution in [3.05, 3.63) is 23.5 Å². The second-order valence-corrected chi connectivity index (χ2v) is 12.0. The lowest BCUT2D eigenvalue weighted by Crippen LogP contribution is -2.45. The first-order chi connectivity index (χ1) is 10.4. The van der Waals surface area contributed by atoms with Gasteiger partial charge in [-0.15, -0.1) is 0 Å². The van der Waals surface area contributed by atoms with Gasteiger partial charge in [0.05, 0.1) is 7.11 Å². The maximum Gasteiger partial charge on any atom is 0.334 e. The van der Waals surface area contributed by atoms with Gasteiger partial charge in [-0.2, -0.15) is 0 Å². The summed E-state index contributed by atoms with van der Waals surface area (Å²) in [5.74, 6) is -0.704. The third-order valence-electron chi connectivity index (χ3n) is 3.18. The van der Waals surface area contributed by atoms with E-state index in [0.29, 0.717) is 24.2 Å². The van der Waals surface area contributed by atoms with Crippen LogP contribution in [0, 0.1) is 0 Å². The van der Waals surface area contributed by atoms with E-state index in [2.05, 4.69) is 19.6 Å². The molecule has 1 aliphatic carbocycles. The average Bonchev–Trinajstić information content (AvgIpc) is 2.55. The summed E-state index contributed by atoms with van der Waals surface area (Å²) in [4.78, 5) is 12.3. The maximum atomic E-state index is 12.3. The van der Waals surface area contributed by atoms with Gasteiger partial charge in [-0.25, -0.2) is 4.79 Å². The first-order valence-electron chi connectivity index (χ1n) is 7.85. The van der Waals surface area contributed by atoms with E-state index in [1.165, 1.54) is 0 Å². The van der Waals surface area contributed by atoms with Crippen LogP contribution >= 0.6 is 0 Å². The Bertz CT molecular complexity index is 496. The molecule has 0 saturated carbocycles. The van der Waals surface area contributed by atoms with Gasteiger partial charge in [0.15, 0.2) is 14.1 Å². The van der Waals surface area contributed by atoms with Gasteiger partial charge in [0.1, 0.15) is 5.60 Å². The molecule has 0 radical (unpaired) electrons. The van der Waals surface area contributed by atoms with Crippen LogP contribution in [0.1, 0.15) is 33.6 Å². The Kier molecular flexibility index (Phi) is 6.23. The molecule has 1 aliphatic rings. The number of esters is 1. The fraction of sp³-hybridized carbons (Fsp3) is 0.706. The Labute approximate surface area is 140 Å². The van der Waals surface area contributed by atoms with Crippen LogP contribution in [0.25, 0.3) is 0 Å². The number of hydrogen-bond donors (Lipinski definition) is 0. The summed E-state index contributed by atoms with van der Waals surface area (Å²) in [7, 11) is 1.29. The van der Waals surface area contributed by atoms with E-state index in [9.17, 15) is 4.79 Å². The van der Waals surface area contributed by atoms with Crippen molar-refractivity contribution in [2.75, 3.05) is 14.2 Å². The summed E-state index contributed by atoms with van der Waals surface area (Å²) in [6.45, 7) is 11.8. The molecule has 1 atom stereocenters. The smallest absolute Gasteiger partial charge is 0.334 e. The Morgan fingerprint density at radius 3 is 2.22 bits per heavy atom. The van der Waals surface area contributed by atoms with Crippen LogP contribution in [0.15, 0.2) is 23.5 Å². The molecule has 0 amide bonds. The van der Waals surface area contributed by atoms with Crippen LogP contribution in [0.2, 0.25) is 19.6 Å². The SMILES string of the molecule is COC1=CCC(C(=O)OC(C)(C)C)=CCC1(OC)O[Si](C)(C)C. The lowest BCUT2D eigenvalue weighted by atomic mass is 10.1. The topological polar surface area (TPSA) is 54.0 Å². The molecule has 0 fully saturated rings. The molecule has 0 aromatic rings. The van der Waals surface area contributed by atoms with Gasteiger partial charge in [0, 0.05) is 25.5 Å². The largest absolute Gasteiger partial charge is 0.496 e. The summed E-state index contributed by atoms with van der Waals surface area (Å²) in [6, 6.07) is 0. The van der Waals surface area contributed by atoms with Crippen molar-refractivity contribution in [1.82, 2.24) is 0 Å². The molecule has 1 rings (SSSR count). The molecule has 0 spiro atoms. The second kappa shape index (κ2) is 7.19. The van der Waals surface area contributed by atoms with Gasteiger partial charge >= 0.3 is 5.97 Å². The van der Waals surface area contributed by atoms with Crippen molar-refractivity contribution >= 4 is 14.3 Å². The quantitative estimate of drug-likeness (QED) is 0.432. The Balaban J connectivity index is 3.11. The number of methoxy groups -OCH3 is 2. The minimum absolute atomic E-state index is 0.316. The molecule has 0 bridgehead atoms. The lowest BCUT2D eigenvalue weighted by molar-refractivity contribution is -0.162. The van der Waals surface area contributed by atoms with E-state index in [1.54, 1.807) is 14.2 Å². The van der Waals surface area contributed by atoms with Crippen LogP contribution in [0.3, 0.4) is 0 Å². The van der Waals surface area contributed by atoms with Gasteiger partial charge in [-0.3, -0.25) is 0 Å². The number of ether oxygens (including phenoxy) is 3. The van der Waals surface area contributed by atoms with Gasteiger partial charge < -0.3 is 18.6 Å². The van der Waals surface area contributed by atoms with Crippen molar-refractivity contribution < 1.29 is 23.4 Å². The van der Waals surface area contributed by atoms with Gasteiger partial charge in [0.25, 0.3) is 0 Å². The second-order valence-electron chi connectivity index (χ2n) is 7.58. The summed E-state index contributed by atoms with van der Waals surface area (Å²) in [6.07, 6.45) is 4.51. The fourth-order valence-corrected chi connectivity index (χ4v) is 3.62. The van der Waals surface area contributed by atoms with Crippen molar-refractivity contribution in [3.63, 3.8) is 0 Å². The van der Waals surface area contributed by atoms with Gasteiger partial charge in [-0.1, -0.05) is 6.08 Å². The van der Waals surface area contributed by atoms with E-state index in [0.717, 1.165) is 0 Å². The third-order valence-corrected chi connectivity index (χ3v) is 4.12.